The first-order chi connectivity index (χ1) is 18.6. The second-order valence-electron chi connectivity index (χ2n) is 13.0. The van der Waals surface area contributed by atoms with E-state index < -0.39 is 0 Å². The van der Waals surface area contributed by atoms with Gasteiger partial charge in [0.15, 0.2) is 0 Å². The van der Waals surface area contributed by atoms with E-state index in [1.807, 2.05) is 0 Å². The molecule has 0 amide bonds. The Labute approximate surface area is 237 Å². The van der Waals surface area contributed by atoms with Gasteiger partial charge in [0.05, 0.1) is 0 Å². The highest BCUT2D eigenvalue weighted by molar-refractivity contribution is 5.77. The summed E-state index contributed by atoms with van der Waals surface area (Å²) in [5.41, 5.74) is 17.7. The minimum atomic E-state index is 0.611. The second-order valence-corrected chi connectivity index (χ2v) is 13.0. The molecular formula is C39H46. The zero-order valence-corrected chi connectivity index (χ0v) is 25.4. The minimum absolute atomic E-state index is 0.611. The van der Waals surface area contributed by atoms with Crippen LogP contribution in [0.3, 0.4) is 0 Å². The smallest absolute Gasteiger partial charge is 0.00132 e. The molecule has 6 rings (SSSR count). The average Bonchev–Trinajstić information content (AvgIpc) is 3.29. The molecule has 0 unspecified atom stereocenters. The van der Waals surface area contributed by atoms with Crippen molar-refractivity contribution in [2.24, 2.45) is 0 Å². The van der Waals surface area contributed by atoms with Crippen LogP contribution in [0.5, 0.6) is 0 Å². The Balaban J connectivity index is 0.000000158. The van der Waals surface area contributed by atoms with E-state index in [0.29, 0.717) is 23.7 Å². The lowest BCUT2D eigenvalue weighted by Crippen LogP contribution is -2.06. The van der Waals surface area contributed by atoms with E-state index in [2.05, 4.69) is 128 Å². The van der Waals surface area contributed by atoms with Gasteiger partial charge in [-0.1, -0.05) is 128 Å². The van der Waals surface area contributed by atoms with Crippen molar-refractivity contribution in [1.82, 2.24) is 0 Å². The predicted molar refractivity (Wildman–Crippen MR) is 170 cm³/mol. The van der Waals surface area contributed by atoms with Gasteiger partial charge in [-0.05, 0) is 110 Å². The summed E-state index contributed by atoms with van der Waals surface area (Å²) in [5, 5.41) is 0. The normalized spacial score (nSPS) is 13.2. The standard InChI is InChI=1S/C20H24.C19H22/c1-13(2)15-7-9-19-17(11-15)5-6-18-12-16(14(3)4)8-10-20(18)19;1-12(2)14-5-7-18-16(9-14)11-17-10-15(13(3)4)6-8-19(17)18/h7-14H,5-6H2,1-4H3;5-10,12-13H,11H2,1-4H3. The number of fused-ring (bicyclic) bond motifs is 6. The Morgan fingerprint density at radius 3 is 0.897 bits per heavy atom. The SMILES string of the molecule is CC(C)c1ccc2c(c1)CCc1cc(C(C)C)ccc1-2.CC(C)c1ccc2c(c1)Cc1cc(C(C)C)ccc1-2. The number of hydrogen-bond acceptors (Lipinski definition) is 0. The van der Waals surface area contributed by atoms with Gasteiger partial charge in [0.2, 0.25) is 0 Å². The number of hydrogen-bond donors (Lipinski definition) is 0. The van der Waals surface area contributed by atoms with Crippen molar-refractivity contribution in [2.75, 3.05) is 0 Å². The zero-order chi connectivity index (χ0) is 27.8. The van der Waals surface area contributed by atoms with E-state index in [0.717, 1.165) is 6.42 Å². The van der Waals surface area contributed by atoms with Crippen LogP contribution >= 0.6 is 0 Å². The topological polar surface area (TPSA) is 0 Å². The van der Waals surface area contributed by atoms with Crippen LogP contribution in [0.2, 0.25) is 0 Å². The molecule has 0 nitrogen and oxygen atoms in total. The maximum Gasteiger partial charge on any atom is -0.00132 e. The molecule has 0 saturated carbocycles. The van der Waals surface area contributed by atoms with Gasteiger partial charge in [-0.25, -0.2) is 0 Å². The van der Waals surface area contributed by atoms with E-state index in [9.17, 15) is 0 Å². The molecule has 0 spiro atoms. The van der Waals surface area contributed by atoms with Gasteiger partial charge in [0.25, 0.3) is 0 Å². The van der Waals surface area contributed by atoms with E-state index in [4.69, 9.17) is 0 Å². The van der Waals surface area contributed by atoms with Gasteiger partial charge >= 0.3 is 0 Å². The highest BCUT2D eigenvalue weighted by atomic mass is 14.2. The lowest BCUT2D eigenvalue weighted by Gasteiger charge is -2.22. The third-order valence-corrected chi connectivity index (χ3v) is 8.81. The Morgan fingerprint density at radius 2 is 0.615 bits per heavy atom. The van der Waals surface area contributed by atoms with Gasteiger partial charge in [0, 0.05) is 0 Å². The fraction of sp³-hybridized carbons (Fsp3) is 0.385. The van der Waals surface area contributed by atoms with E-state index in [-0.39, 0.29) is 0 Å². The largest absolute Gasteiger partial charge is 0.0587 e. The summed E-state index contributed by atoms with van der Waals surface area (Å²) in [6, 6.07) is 28.1. The Hall–Kier alpha value is -3.12. The van der Waals surface area contributed by atoms with Crippen LogP contribution in [-0.4, -0.2) is 0 Å². The van der Waals surface area contributed by atoms with E-state index in [1.165, 1.54) is 79.6 Å². The number of aryl methyl sites for hydroxylation is 2. The first kappa shape index (κ1) is 27.4. The molecule has 202 valence electrons. The maximum atomic E-state index is 2.42. The third kappa shape index (κ3) is 5.62. The van der Waals surface area contributed by atoms with Gasteiger partial charge in [0.1, 0.15) is 0 Å². The molecule has 4 aromatic rings. The van der Waals surface area contributed by atoms with Crippen molar-refractivity contribution >= 4 is 0 Å². The molecule has 2 aliphatic rings. The maximum absolute atomic E-state index is 2.42. The molecule has 0 heteroatoms. The molecule has 0 radical (unpaired) electrons. The van der Waals surface area contributed by atoms with Crippen molar-refractivity contribution < 1.29 is 0 Å². The Kier molecular flexibility index (Phi) is 7.86. The monoisotopic (exact) mass is 514 g/mol. The first-order valence-electron chi connectivity index (χ1n) is 15.1. The number of benzene rings is 4. The second kappa shape index (κ2) is 11.2. The minimum Gasteiger partial charge on any atom is -0.0587 e. The van der Waals surface area contributed by atoms with Gasteiger partial charge in [-0.3, -0.25) is 0 Å². The van der Waals surface area contributed by atoms with Crippen LogP contribution in [0.1, 0.15) is 124 Å². The molecule has 0 heterocycles. The van der Waals surface area contributed by atoms with Crippen LogP contribution < -0.4 is 0 Å². The number of rotatable bonds is 4. The molecule has 0 aromatic heterocycles. The fourth-order valence-electron chi connectivity index (χ4n) is 6.12. The molecule has 0 saturated heterocycles. The van der Waals surface area contributed by atoms with E-state index >= 15 is 0 Å². The Morgan fingerprint density at radius 1 is 0.359 bits per heavy atom. The molecule has 0 aliphatic heterocycles. The predicted octanol–water partition coefficient (Wildman–Crippen LogP) is 11.2. The van der Waals surface area contributed by atoms with Crippen LogP contribution in [0.15, 0.2) is 72.8 Å². The lowest BCUT2D eigenvalue weighted by molar-refractivity contribution is 0.846. The van der Waals surface area contributed by atoms with Crippen molar-refractivity contribution in [1.29, 1.82) is 0 Å². The molecule has 0 atom stereocenters. The van der Waals surface area contributed by atoms with Gasteiger partial charge in [-0.15, -0.1) is 0 Å². The summed E-state index contributed by atoms with van der Waals surface area (Å²) in [6.45, 7) is 18.1. The quantitative estimate of drug-likeness (QED) is 0.224. The summed E-state index contributed by atoms with van der Waals surface area (Å²) in [4.78, 5) is 0. The Bertz CT molecular complexity index is 1370. The molecule has 39 heavy (non-hydrogen) atoms. The van der Waals surface area contributed by atoms with Gasteiger partial charge in [-0.2, -0.15) is 0 Å². The third-order valence-electron chi connectivity index (χ3n) is 8.81. The summed E-state index contributed by atoms with van der Waals surface area (Å²) < 4.78 is 0. The van der Waals surface area contributed by atoms with Crippen LogP contribution in [0.25, 0.3) is 22.3 Å². The summed E-state index contributed by atoms with van der Waals surface area (Å²) in [7, 11) is 0. The molecule has 0 N–H and O–H groups in total. The lowest BCUT2D eigenvalue weighted by atomic mass is 9.82. The molecule has 0 fully saturated rings. The fourth-order valence-corrected chi connectivity index (χ4v) is 6.12. The highest BCUT2D eigenvalue weighted by Crippen LogP contribution is 2.39. The molecule has 0 bridgehead atoms. The molecular weight excluding hydrogens is 468 g/mol. The van der Waals surface area contributed by atoms with Crippen molar-refractivity contribution in [3.05, 3.63) is 117 Å². The first-order valence-corrected chi connectivity index (χ1v) is 15.1. The van der Waals surface area contributed by atoms with Crippen LogP contribution in [-0.2, 0) is 19.3 Å². The molecule has 2 aliphatic carbocycles. The van der Waals surface area contributed by atoms with Crippen LogP contribution in [0.4, 0.5) is 0 Å². The van der Waals surface area contributed by atoms with Crippen molar-refractivity contribution in [3.63, 3.8) is 0 Å². The summed E-state index contributed by atoms with van der Waals surface area (Å²) in [6.07, 6.45) is 3.47. The average molecular weight is 515 g/mol. The summed E-state index contributed by atoms with van der Waals surface area (Å²) in [5.74, 6) is 2.45. The van der Waals surface area contributed by atoms with Crippen molar-refractivity contribution in [2.45, 2.75) is 98.3 Å². The zero-order valence-electron chi connectivity index (χ0n) is 25.4. The van der Waals surface area contributed by atoms with Gasteiger partial charge < -0.3 is 0 Å². The highest BCUT2D eigenvalue weighted by Gasteiger charge is 2.20. The summed E-state index contributed by atoms with van der Waals surface area (Å²) >= 11 is 0. The molecule has 4 aromatic carbocycles. The van der Waals surface area contributed by atoms with Crippen LogP contribution in [0, 0.1) is 0 Å². The van der Waals surface area contributed by atoms with Crippen molar-refractivity contribution in [3.8, 4) is 22.3 Å². The van der Waals surface area contributed by atoms with E-state index in [1.54, 1.807) is 0 Å².